The molecule has 3 nitrogen and oxygen atoms in total. The Hall–Kier alpha value is -2.42. The molecule has 0 bridgehead atoms. The maximum Gasteiger partial charge on any atom is 0.0849 e. The molecule has 0 saturated heterocycles. The van der Waals surface area contributed by atoms with E-state index in [-0.39, 0.29) is 5.41 Å². The van der Waals surface area contributed by atoms with Gasteiger partial charge in [0.15, 0.2) is 0 Å². The van der Waals surface area contributed by atoms with Crippen LogP contribution in [-0.2, 0) is 5.41 Å². The van der Waals surface area contributed by atoms with Gasteiger partial charge in [0.2, 0.25) is 0 Å². The summed E-state index contributed by atoms with van der Waals surface area (Å²) in [4.78, 5) is 2.18. The van der Waals surface area contributed by atoms with Gasteiger partial charge in [-0.2, -0.15) is 5.11 Å². The monoisotopic (exact) mass is 279 g/mol. The Bertz CT molecular complexity index is 645. The highest BCUT2D eigenvalue weighted by Gasteiger charge is 2.36. The molecule has 1 aliphatic rings. The summed E-state index contributed by atoms with van der Waals surface area (Å²) in [5.74, 6) is 0. The lowest BCUT2D eigenvalue weighted by Crippen LogP contribution is -2.21. The van der Waals surface area contributed by atoms with Crippen molar-refractivity contribution < 1.29 is 0 Å². The minimum Gasteiger partial charge on any atom is -0.348 e. The number of nitrogens with zero attached hydrogens (tertiary/aromatic N) is 2. The van der Waals surface area contributed by atoms with E-state index in [9.17, 15) is 0 Å². The zero-order valence-electron chi connectivity index (χ0n) is 12.8. The molecule has 0 saturated carbocycles. The van der Waals surface area contributed by atoms with E-state index >= 15 is 0 Å². The molecule has 0 aliphatic carbocycles. The second-order valence-electron chi connectivity index (χ2n) is 5.60. The first-order valence-corrected chi connectivity index (χ1v) is 6.93. The lowest BCUT2D eigenvalue weighted by atomic mass is 9.85. The van der Waals surface area contributed by atoms with Crippen LogP contribution in [0, 0.1) is 5.53 Å². The van der Waals surface area contributed by atoms with Crippen LogP contribution >= 0.6 is 0 Å². The van der Waals surface area contributed by atoms with Crippen molar-refractivity contribution in [3.8, 4) is 0 Å². The molecule has 0 spiro atoms. The van der Waals surface area contributed by atoms with Crippen LogP contribution in [0.15, 0.2) is 72.0 Å². The third kappa shape index (κ3) is 2.87. The number of para-hydroxylation sites is 2. The normalized spacial score (nSPS) is 15.0. The Balaban J connectivity index is 0.000000173. The summed E-state index contributed by atoms with van der Waals surface area (Å²) < 4.78 is 0. The lowest BCUT2D eigenvalue weighted by molar-refractivity contribution is 0.643. The van der Waals surface area contributed by atoms with Crippen molar-refractivity contribution in [3.05, 3.63) is 72.4 Å². The summed E-state index contributed by atoms with van der Waals surface area (Å²) in [6, 6.07) is 17.7. The van der Waals surface area contributed by atoms with Gasteiger partial charge in [-0.15, -0.1) is 0 Å². The SMILES string of the molecule is C=C1N(C)c2ccccc2C1(C)C.N=Nc1ccccc1. The van der Waals surface area contributed by atoms with Crippen molar-refractivity contribution in [3.63, 3.8) is 0 Å². The Morgan fingerprint density at radius 3 is 2.10 bits per heavy atom. The highest BCUT2D eigenvalue weighted by Crippen LogP contribution is 2.45. The van der Waals surface area contributed by atoms with Crippen molar-refractivity contribution in [2.45, 2.75) is 19.3 Å². The van der Waals surface area contributed by atoms with Gasteiger partial charge in [0.1, 0.15) is 0 Å². The molecule has 0 unspecified atom stereocenters. The van der Waals surface area contributed by atoms with Gasteiger partial charge in [-0.05, 0) is 23.8 Å². The molecule has 1 heterocycles. The first kappa shape index (κ1) is 15.0. The number of fused-ring (bicyclic) bond motifs is 1. The number of nitrogens with one attached hydrogen (secondary N) is 1. The molecular formula is C18H21N3. The van der Waals surface area contributed by atoms with E-state index in [1.807, 2.05) is 18.2 Å². The molecule has 21 heavy (non-hydrogen) atoms. The number of allylic oxidation sites excluding steroid dienone is 1. The van der Waals surface area contributed by atoms with E-state index in [0.717, 1.165) is 0 Å². The van der Waals surface area contributed by atoms with E-state index in [2.05, 4.69) is 61.8 Å². The average molecular weight is 279 g/mol. The molecule has 1 aliphatic heterocycles. The van der Waals surface area contributed by atoms with Crippen molar-refractivity contribution in [1.29, 1.82) is 5.53 Å². The largest absolute Gasteiger partial charge is 0.348 e. The fourth-order valence-electron chi connectivity index (χ4n) is 2.52. The summed E-state index contributed by atoms with van der Waals surface area (Å²) in [5.41, 5.74) is 11.2. The molecule has 3 heteroatoms. The Kier molecular flexibility index (Phi) is 4.22. The Morgan fingerprint density at radius 2 is 1.57 bits per heavy atom. The van der Waals surface area contributed by atoms with Gasteiger partial charge in [-0.25, -0.2) is 5.53 Å². The maximum atomic E-state index is 6.57. The lowest BCUT2D eigenvalue weighted by Gasteiger charge is -2.22. The van der Waals surface area contributed by atoms with Gasteiger partial charge in [0.05, 0.1) is 5.69 Å². The van der Waals surface area contributed by atoms with E-state index in [4.69, 9.17) is 5.53 Å². The standard InChI is InChI=1S/C12H15N.C6H6N2/c1-9-12(2,3)10-7-5-6-8-11(10)13(9)4;7-8-6-4-2-1-3-5-6/h5-8H,1H2,2-4H3;1-5,7H. The molecule has 0 atom stereocenters. The van der Waals surface area contributed by atoms with Gasteiger partial charge in [0.25, 0.3) is 0 Å². The zero-order chi connectivity index (χ0) is 15.5. The highest BCUT2D eigenvalue weighted by atomic mass is 15.1. The highest BCUT2D eigenvalue weighted by molar-refractivity contribution is 5.69. The fourth-order valence-corrected chi connectivity index (χ4v) is 2.52. The number of benzene rings is 2. The number of hydrogen-bond acceptors (Lipinski definition) is 3. The predicted molar refractivity (Wildman–Crippen MR) is 88.3 cm³/mol. The summed E-state index contributed by atoms with van der Waals surface area (Å²) in [6.45, 7) is 8.57. The molecule has 108 valence electrons. The van der Waals surface area contributed by atoms with Gasteiger partial charge in [0, 0.05) is 23.8 Å². The third-order valence-electron chi connectivity index (χ3n) is 3.95. The molecule has 0 aromatic heterocycles. The number of rotatable bonds is 1. The van der Waals surface area contributed by atoms with Crippen LogP contribution in [0.1, 0.15) is 19.4 Å². The van der Waals surface area contributed by atoms with Crippen molar-refractivity contribution in [2.24, 2.45) is 5.11 Å². The number of hydrogen-bond donors (Lipinski definition) is 1. The average Bonchev–Trinajstić information content (AvgIpc) is 2.70. The molecule has 3 rings (SSSR count). The van der Waals surface area contributed by atoms with Crippen molar-refractivity contribution in [2.75, 3.05) is 11.9 Å². The second-order valence-corrected chi connectivity index (χ2v) is 5.60. The first-order valence-electron chi connectivity index (χ1n) is 6.93. The van der Waals surface area contributed by atoms with E-state index in [1.54, 1.807) is 12.1 Å². The maximum absolute atomic E-state index is 6.57. The number of anilines is 1. The topological polar surface area (TPSA) is 39.5 Å². The number of likely N-dealkylation sites (N-methyl/N-ethyl adjacent to an activating group) is 1. The Labute approximate surface area is 126 Å². The molecule has 0 fully saturated rings. The molecule has 1 N–H and O–H groups in total. The summed E-state index contributed by atoms with van der Waals surface area (Å²) in [5, 5.41) is 3.22. The van der Waals surface area contributed by atoms with Crippen LogP contribution in [0.2, 0.25) is 0 Å². The Morgan fingerprint density at radius 1 is 1.00 bits per heavy atom. The van der Waals surface area contributed by atoms with Crippen molar-refractivity contribution >= 4 is 11.4 Å². The van der Waals surface area contributed by atoms with Crippen LogP contribution in [-0.4, -0.2) is 7.05 Å². The smallest absolute Gasteiger partial charge is 0.0849 e. The van der Waals surface area contributed by atoms with E-state index in [1.165, 1.54) is 16.9 Å². The van der Waals surface area contributed by atoms with E-state index in [0.29, 0.717) is 5.69 Å². The molecule has 2 aromatic rings. The second kappa shape index (κ2) is 5.92. The van der Waals surface area contributed by atoms with Crippen LogP contribution < -0.4 is 4.90 Å². The van der Waals surface area contributed by atoms with Crippen LogP contribution in [0.25, 0.3) is 0 Å². The molecule has 0 radical (unpaired) electrons. The molecule has 0 amide bonds. The van der Waals surface area contributed by atoms with Gasteiger partial charge >= 0.3 is 0 Å². The predicted octanol–water partition coefficient (Wildman–Crippen LogP) is 5.28. The van der Waals surface area contributed by atoms with Crippen LogP contribution in [0.4, 0.5) is 11.4 Å². The summed E-state index contributed by atoms with van der Waals surface area (Å²) in [7, 11) is 2.08. The molecule has 2 aromatic carbocycles. The zero-order valence-corrected chi connectivity index (χ0v) is 12.8. The van der Waals surface area contributed by atoms with Crippen molar-refractivity contribution in [1.82, 2.24) is 0 Å². The minimum absolute atomic E-state index is 0.0886. The summed E-state index contributed by atoms with van der Waals surface area (Å²) >= 11 is 0. The quantitative estimate of drug-likeness (QED) is 0.709. The third-order valence-corrected chi connectivity index (χ3v) is 3.95. The molecular weight excluding hydrogens is 258 g/mol. The first-order chi connectivity index (χ1) is 9.98. The van der Waals surface area contributed by atoms with Gasteiger partial charge < -0.3 is 4.90 Å². The minimum atomic E-state index is 0.0886. The fraction of sp³-hybridized carbons (Fsp3) is 0.222. The van der Waals surface area contributed by atoms with Crippen LogP contribution in [0.3, 0.4) is 0 Å². The van der Waals surface area contributed by atoms with Gasteiger partial charge in [-0.3, -0.25) is 0 Å². The van der Waals surface area contributed by atoms with Crippen LogP contribution in [0.5, 0.6) is 0 Å². The summed E-state index contributed by atoms with van der Waals surface area (Å²) in [6.07, 6.45) is 0. The van der Waals surface area contributed by atoms with Gasteiger partial charge in [-0.1, -0.05) is 56.8 Å². The van der Waals surface area contributed by atoms with E-state index < -0.39 is 0 Å².